The van der Waals surface area contributed by atoms with Gasteiger partial charge in [-0.25, -0.2) is 4.39 Å². The van der Waals surface area contributed by atoms with E-state index in [1.165, 1.54) is 0 Å². The maximum Gasteiger partial charge on any atom is 0.148 e. The summed E-state index contributed by atoms with van der Waals surface area (Å²) >= 11 is 9.04. The zero-order valence-corrected chi connectivity index (χ0v) is 12.3. The highest BCUT2D eigenvalue weighted by Gasteiger charge is 2.20. The van der Waals surface area contributed by atoms with Gasteiger partial charge in [-0.15, -0.1) is 0 Å². The number of aryl methyl sites for hydroxylation is 2. The van der Waals surface area contributed by atoms with Gasteiger partial charge in [0, 0.05) is 28.8 Å². The summed E-state index contributed by atoms with van der Waals surface area (Å²) in [5.74, 6) is -0.498. The molecule has 18 heavy (non-hydrogen) atoms. The van der Waals surface area contributed by atoms with Crippen LogP contribution in [0.15, 0.2) is 22.8 Å². The first-order valence-corrected chi connectivity index (χ1v) is 6.48. The van der Waals surface area contributed by atoms with Crippen molar-refractivity contribution in [2.45, 2.75) is 13.0 Å². The van der Waals surface area contributed by atoms with E-state index in [0.29, 0.717) is 10.0 Å². The fourth-order valence-corrected chi connectivity index (χ4v) is 2.35. The molecule has 1 aromatic heterocycles. The molecule has 2 aromatic rings. The Kier molecular flexibility index (Phi) is 3.75. The molecule has 0 fully saturated rings. The van der Waals surface area contributed by atoms with Crippen molar-refractivity contribution in [3.8, 4) is 0 Å². The van der Waals surface area contributed by atoms with E-state index in [0.717, 1.165) is 11.3 Å². The van der Waals surface area contributed by atoms with E-state index >= 15 is 0 Å². The molecular formula is C12H12BrClFN3. The van der Waals surface area contributed by atoms with Crippen LogP contribution < -0.4 is 5.73 Å². The van der Waals surface area contributed by atoms with Crippen LogP contribution in [0.25, 0.3) is 0 Å². The van der Waals surface area contributed by atoms with Crippen molar-refractivity contribution in [3.05, 3.63) is 50.5 Å². The molecule has 0 saturated carbocycles. The first-order valence-electron chi connectivity index (χ1n) is 5.31. The van der Waals surface area contributed by atoms with E-state index < -0.39 is 11.9 Å². The van der Waals surface area contributed by atoms with E-state index in [2.05, 4.69) is 21.0 Å². The average molecular weight is 333 g/mol. The van der Waals surface area contributed by atoms with Crippen molar-refractivity contribution in [3.63, 3.8) is 0 Å². The predicted molar refractivity (Wildman–Crippen MR) is 73.1 cm³/mol. The highest BCUT2D eigenvalue weighted by atomic mass is 79.9. The smallest absolute Gasteiger partial charge is 0.148 e. The second kappa shape index (κ2) is 4.99. The Bertz CT molecular complexity index is 597. The van der Waals surface area contributed by atoms with Gasteiger partial charge in [-0.2, -0.15) is 5.10 Å². The summed E-state index contributed by atoms with van der Waals surface area (Å²) in [6.07, 6.45) is 1.79. The zero-order chi connectivity index (χ0) is 13.4. The van der Waals surface area contributed by atoms with E-state index in [-0.39, 0.29) is 5.02 Å². The van der Waals surface area contributed by atoms with Gasteiger partial charge in [0.05, 0.1) is 16.8 Å². The van der Waals surface area contributed by atoms with Gasteiger partial charge in [-0.1, -0.05) is 17.7 Å². The van der Waals surface area contributed by atoms with Crippen molar-refractivity contribution >= 4 is 27.5 Å². The molecule has 1 aromatic carbocycles. The van der Waals surface area contributed by atoms with Crippen LogP contribution in [0.3, 0.4) is 0 Å². The molecule has 0 bridgehead atoms. The fourth-order valence-electron chi connectivity index (χ4n) is 1.87. The van der Waals surface area contributed by atoms with Gasteiger partial charge < -0.3 is 5.73 Å². The molecule has 2 N–H and O–H groups in total. The zero-order valence-electron chi connectivity index (χ0n) is 9.92. The van der Waals surface area contributed by atoms with Crippen LogP contribution in [0, 0.1) is 12.7 Å². The lowest BCUT2D eigenvalue weighted by molar-refractivity contribution is 0.599. The minimum atomic E-state index is -0.579. The third-order valence-corrected chi connectivity index (χ3v) is 4.05. The normalized spacial score (nSPS) is 12.8. The Morgan fingerprint density at radius 2 is 2.11 bits per heavy atom. The van der Waals surface area contributed by atoms with Crippen molar-refractivity contribution < 1.29 is 4.39 Å². The topological polar surface area (TPSA) is 43.8 Å². The lowest BCUT2D eigenvalue weighted by atomic mass is 10.00. The van der Waals surface area contributed by atoms with Gasteiger partial charge in [0.2, 0.25) is 0 Å². The molecule has 0 aliphatic carbocycles. The second-order valence-electron chi connectivity index (χ2n) is 4.09. The quantitative estimate of drug-likeness (QED) is 0.857. The highest BCUT2D eigenvalue weighted by Crippen LogP contribution is 2.32. The van der Waals surface area contributed by atoms with E-state index in [9.17, 15) is 4.39 Å². The Balaban J connectivity index is 2.49. The van der Waals surface area contributed by atoms with Gasteiger partial charge in [-0.05, 0) is 28.9 Å². The molecular weight excluding hydrogens is 321 g/mol. The van der Waals surface area contributed by atoms with E-state index in [1.807, 2.05) is 6.92 Å². The molecule has 6 heteroatoms. The lowest BCUT2D eigenvalue weighted by Crippen LogP contribution is -2.14. The summed E-state index contributed by atoms with van der Waals surface area (Å²) in [6, 6.07) is 2.73. The van der Waals surface area contributed by atoms with E-state index in [1.54, 1.807) is 30.1 Å². The third-order valence-electron chi connectivity index (χ3n) is 2.79. The molecule has 2 rings (SSSR count). The first-order chi connectivity index (χ1) is 8.41. The summed E-state index contributed by atoms with van der Waals surface area (Å²) in [4.78, 5) is 0. The minimum Gasteiger partial charge on any atom is -0.320 e. The summed E-state index contributed by atoms with van der Waals surface area (Å²) in [6.45, 7) is 1.84. The Morgan fingerprint density at radius 1 is 1.44 bits per heavy atom. The highest BCUT2D eigenvalue weighted by molar-refractivity contribution is 9.10. The molecule has 1 unspecified atom stereocenters. The fraction of sp³-hybridized carbons (Fsp3) is 0.250. The largest absolute Gasteiger partial charge is 0.320 e. The number of hydrogen-bond donors (Lipinski definition) is 1. The number of halogens is 3. The molecule has 1 atom stereocenters. The van der Waals surface area contributed by atoms with Crippen LogP contribution in [0.4, 0.5) is 4.39 Å². The van der Waals surface area contributed by atoms with Crippen LogP contribution in [-0.4, -0.2) is 9.78 Å². The molecule has 0 radical (unpaired) electrons. The number of rotatable bonds is 2. The molecule has 0 aliphatic heterocycles. The maximum absolute atomic E-state index is 14.1. The summed E-state index contributed by atoms with van der Waals surface area (Å²) in [5.41, 5.74) is 8.01. The second-order valence-corrected chi connectivity index (χ2v) is 5.32. The number of nitrogens with zero attached hydrogens (tertiary/aromatic N) is 2. The van der Waals surface area contributed by atoms with Crippen LogP contribution in [0.5, 0.6) is 0 Å². The lowest BCUT2D eigenvalue weighted by Gasteiger charge is -2.13. The number of nitrogens with two attached hydrogens (primary N) is 1. The number of hydrogen-bond acceptors (Lipinski definition) is 2. The van der Waals surface area contributed by atoms with Gasteiger partial charge in [0.1, 0.15) is 5.82 Å². The molecule has 0 aliphatic rings. The Hall–Kier alpha value is -0.910. The third kappa shape index (κ3) is 2.30. The molecule has 3 nitrogen and oxygen atoms in total. The molecule has 0 saturated heterocycles. The first kappa shape index (κ1) is 13.5. The Morgan fingerprint density at radius 3 is 2.67 bits per heavy atom. The summed E-state index contributed by atoms with van der Waals surface area (Å²) < 4.78 is 16.2. The van der Waals surface area contributed by atoms with Crippen molar-refractivity contribution in [1.29, 1.82) is 0 Å². The monoisotopic (exact) mass is 331 g/mol. The average Bonchev–Trinajstić information content (AvgIpc) is 2.65. The van der Waals surface area contributed by atoms with Crippen molar-refractivity contribution in [2.75, 3.05) is 0 Å². The van der Waals surface area contributed by atoms with Crippen LogP contribution >= 0.6 is 27.5 Å². The minimum absolute atomic E-state index is 0.0458. The molecule has 1 heterocycles. The number of benzene rings is 1. The maximum atomic E-state index is 14.1. The SMILES string of the molecule is Cc1nn(C)cc1C(N)c1ccc(Br)c(Cl)c1F. The Labute approximate surface area is 118 Å². The van der Waals surface area contributed by atoms with Crippen LogP contribution in [-0.2, 0) is 7.05 Å². The van der Waals surface area contributed by atoms with Gasteiger partial charge >= 0.3 is 0 Å². The van der Waals surface area contributed by atoms with Gasteiger partial charge in [-0.3, -0.25) is 4.68 Å². The summed E-state index contributed by atoms with van der Waals surface area (Å²) in [5, 5.41) is 4.25. The molecule has 96 valence electrons. The standard InChI is InChI=1S/C12H12BrClFN3/c1-6-8(5-18(2)17-6)12(16)7-3-4-9(13)10(14)11(7)15/h3-5,12H,16H2,1-2H3. The van der Waals surface area contributed by atoms with Crippen molar-refractivity contribution in [1.82, 2.24) is 9.78 Å². The number of aromatic nitrogens is 2. The van der Waals surface area contributed by atoms with Gasteiger partial charge in [0.15, 0.2) is 0 Å². The predicted octanol–water partition coefficient (Wildman–Crippen LogP) is 3.33. The van der Waals surface area contributed by atoms with Crippen LogP contribution in [0.2, 0.25) is 5.02 Å². The summed E-state index contributed by atoms with van der Waals surface area (Å²) in [7, 11) is 1.80. The molecule has 0 amide bonds. The van der Waals surface area contributed by atoms with Crippen LogP contribution in [0.1, 0.15) is 22.9 Å². The molecule has 0 spiro atoms. The van der Waals surface area contributed by atoms with E-state index in [4.69, 9.17) is 17.3 Å². The van der Waals surface area contributed by atoms with Gasteiger partial charge in [0.25, 0.3) is 0 Å². The van der Waals surface area contributed by atoms with Crippen molar-refractivity contribution in [2.24, 2.45) is 12.8 Å².